The van der Waals surface area contributed by atoms with Gasteiger partial charge >= 0.3 is 5.97 Å². The molecule has 0 aliphatic heterocycles. The SMILES string of the molecule is CCOC(=O)c1sc(SCc2ccccc2)c2c1C[C@@H](c1ccc(OC)cc1)CC2=O. The quantitative estimate of drug-likeness (QED) is 0.318. The van der Waals surface area contributed by atoms with Crippen molar-refractivity contribution in [1.29, 1.82) is 0 Å². The van der Waals surface area contributed by atoms with Gasteiger partial charge in [0, 0.05) is 17.7 Å². The van der Waals surface area contributed by atoms with E-state index in [2.05, 4.69) is 12.1 Å². The summed E-state index contributed by atoms with van der Waals surface area (Å²) in [6, 6.07) is 18.0. The number of ketones is 1. The van der Waals surface area contributed by atoms with Gasteiger partial charge in [-0.25, -0.2) is 4.79 Å². The number of fused-ring (bicyclic) bond motifs is 1. The van der Waals surface area contributed by atoms with E-state index >= 15 is 0 Å². The second-order valence-corrected chi connectivity index (χ2v) is 9.63. The smallest absolute Gasteiger partial charge is 0.348 e. The van der Waals surface area contributed by atoms with E-state index in [9.17, 15) is 9.59 Å². The van der Waals surface area contributed by atoms with E-state index in [-0.39, 0.29) is 17.7 Å². The number of benzene rings is 2. The molecule has 1 heterocycles. The van der Waals surface area contributed by atoms with Crippen LogP contribution in [0.25, 0.3) is 0 Å². The number of ether oxygens (including phenoxy) is 2. The van der Waals surface area contributed by atoms with Crippen LogP contribution < -0.4 is 4.74 Å². The molecule has 3 aromatic rings. The molecule has 0 unspecified atom stereocenters. The molecule has 1 aliphatic rings. The van der Waals surface area contributed by atoms with Crippen molar-refractivity contribution in [1.82, 2.24) is 0 Å². The van der Waals surface area contributed by atoms with Gasteiger partial charge in [0.05, 0.1) is 17.9 Å². The molecule has 1 aliphatic carbocycles. The molecule has 0 amide bonds. The third kappa shape index (κ3) is 4.70. The van der Waals surface area contributed by atoms with Crippen LogP contribution in [0.2, 0.25) is 0 Å². The monoisotopic (exact) mass is 452 g/mol. The van der Waals surface area contributed by atoms with Gasteiger partial charge in [-0.1, -0.05) is 42.5 Å². The molecule has 4 nitrogen and oxygen atoms in total. The average molecular weight is 453 g/mol. The zero-order valence-electron chi connectivity index (χ0n) is 17.6. The lowest BCUT2D eigenvalue weighted by Crippen LogP contribution is -2.20. The van der Waals surface area contributed by atoms with Crippen molar-refractivity contribution in [2.24, 2.45) is 0 Å². The van der Waals surface area contributed by atoms with Crippen LogP contribution >= 0.6 is 23.1 Å². The molecule has 0 radical (unpaired) electrons. The first-order valence-corrected chi connectivity index (χ1v) is 12.1. The molecule has 1 atom stereocenters. The Balaban J connectivity index is 1.66. The number of esters is 1. The van der Waals surface area contributed by atoms with Gasteiger partial charge in [0.25, 0.3) is 0 Å². The van der Waals surface area contributed by atoms with Gasteiger partial charge in [0.1, 0.15) is 10.6 Å². The molecule has 31 heavy (non-hydrogen) atoms. The molecule has 0 saturated heterocycles. The number of hydrogen-bond acceptors (Lipinski definition) is 6. The maximum Gasteiger partial charge on any atom is 0.348 e. The van der Waals surface area contributed by atoms with E-state index in [1.54, 1.807) is 25.8 Å². The van der Waals surface area contributed by atoms with E-state index < -0.39 is 0 Å². The predicted octanol–water partition coefficient (Wildman–Crippen LogP) is 6.14. The number of rotatable bonds is 7. The summed E-state index contributed by atoms with van der Waals surface area (Å²) in [5, 5.41) is 0. The van der Waals surface area contributed by atoms with Gasteiger partial charge in [-0.3, -0.25) is 4.79 Å². The number of methoxy groups -OCH3 is 1. The van der Waals surface area contributed by atoms with Gasteiger partial charge in [0.2, 0.25) is 0 Å². The lowest BCUT2D eigenvalue weighted by Gasteiger charge is -2.23. The lowest BCUT2D eigenvalue weighted by molar-refractivity contribution is 0.0531. The highest BCUT2D eigenvalue weighted by Gasteiger charge is 2.35. The number of thioether (sulfide) groups is 1. The van der Waals surface area contributed by atoms with Crippen molar-refractivity contribution in [2.75, 3.05) is 13.7 Å². The number of Topliss-reactive ketones (excluding diaryl/α,β-unsaturated/α-hetero) is 1. The third-order valence-corrected chi connectivity index (χ3v) is 7.95. The van der Waals surface area contributed by atoms with E-state index in [0.29, 0.717) is 24.3 Å². The molecule has 0 fully saturated rings. The molecule has 4 rings (SSSR count). The van der Waals surface area contributed by atoms with E-state index in [1.807, 2.05) is 42.5 Å². The normalized spacial score (nSPS) is 15.4. The van der Waals surface area contributed by atoms with E-state index in [0.717, 1.165) is 32.4 Å². The Morgan fingerprint density at radius 1 is 1.10 bits per heavy atom. The zero-order valence-corrected chi connectivity index (χ0v) is 19.2. The minimum Gasteiger partial charge on any atom is -0.497 e. The molecule has 0 bridgehead atoms. The number of thiophene rings is 1. The molecular weight excluding hydrogens is 428 g/mol. The Morgan fingerprint density at radius 3 is 2.52 bits per heavy atom. The number of hydrogen-bond donors (Lipinski definition) is 0. The van der Waals surface area contributed by atoms with Crippen molar-refractivity contribution in [3.8, 4) is 5.75 Å². The molecule has 0 saturated carbocycles. The maximum absolute atomic E-state index is 13.2. The second kappa shape index (κ2) is 9.71. The van der Waals surface area contributed by atoms with Crippen molar-refractivity contribution in [3.63, 3.8) is 0 Å². The molecule has 6 heteroatoms. The Morgan fingerprint density at radius 2 is 1.84 bits per heavy atom. The van der Waals surface area contributed by atoms with Crippen molar-refractivity contribution in [3.05, 3.63) is 81.7 Å². The lowest BCUT2D eigenvalue weighted by atomic mass is 9.80. The highest BCUT2D eigenvalue weighted by atomic mass is 32.2. The van der Waals surface area contributed by atoms with Gasteiger partial charge in [-0.2, -0.15) is 0 Å². The van der Waals surface area contributed by atoms with Crippen LogP contribution in [0.4, 0.5) is 0 Å². The van der Waals surface area contributed by atoms with Crippen LogP contribution in [0.1, 0.15) is 56.0 Å². The largest absolute Gasteiger partial charge is 0.497 e. The summed E-state index contributed by atoms with van der Waals surface area (Å²) in [5.41, 5.74) is 3.83. The summed E-state index contributed by atoms with van der Waals surface area (Å²) in [5.74, 6) is 1.35. The van der Waals surface area contributed by atoms with E-state index in [4.69, 9.17) is 9.47 Å². The fourth-order valence-corrected chi connectivity index (χ4v) is 6.37. The summed E-state index contributed by atoms with van der Waals surface area (Å²) >= 11 is 3.02. The Labute approximate surface area is 190 Å². The highest BCUT2D eigenvalue weighted by Crippen LogP contribution is 2.45. The summed E-state index contributed by atoms with van der Waals surface area (Å²) in [7, 11) is 1.64. The Bertz CT molecular complexity index is 1070. The molecule has 160 valence electrons. The second-order valence-electron chi connectivity index (χ2n) is 7.37. The predicted molar refractivity (Wildman–Crippen MR) is 125 cm³/mol. The van der Waals surface area contributed by atoms with Crippen LogP contribution in [0, 0.1) is 0 Å². The van der Waals surface area contributed by atoms with Gasteiger partial charge < -0.3 is 9.47 Å². The fraction of sp³-hybridized carbons (Fsp3) is 0.280. The van der Waals surface area contributed by atoms with Crippen LogP contribution in [-0.2, 0) is 16.9 Å². The molecular formula is C25H24O4S2. The maximum atomic E-state index is 13.2. The summed E-state index contributed by atoms with van der Waals surface area (Å²) in [6.45, 7) is 2.11. The minimum absolute atomic E-state index is 0.0423. The summed E-state index contributed by atoms with van der Waals surface area (Å²) in [6.07, 6.45) is 1.10. The first kappa shape index (κ1) is 21.7. The summed E-state index contributed by atoms with van der Waals surface area (Å²) < 4.78 is 11.5. The van der Waals surface area contributed by atoms with Crippen LogP contribution in [0.5, 0.6) is 5.75 Å². The van der Waals surface area contributed by atoms with Gasteiger partial charge in [-0.15, -0.1) is 23.1 Å². The topological polar surface area (TPSA) is 52.6 Å². The minimum atomic E-state index is -0.335. The Kier molecular flexibility index (Phi) is 6.78. The van der Waals surface area contributed by atoms with Crippen molar-refractivity contribution in [2.45, 2.75) is 35.6 Å². The zero-order chi connectivity index (χ0) is 21.8. The molecule has 0 N–H and O–H groups in total. The fourth-order valence-electron chi connectivity index (χ4n) is 3.86. The standard InChI is InChI=1S/C25H24O4S2/c1-3-29-24(27)23-20-13-18(17-9-11-19(28-2)12-10-17)14-21(26)22(20)25(31-23)30-15-16-7-5-4-6-8-16/h4-12,18H,3,13-15H2,1-2H3/t18-/m1/s1. The molecule has 2 aromatic carbocycles. The van der Waals surface area contributed by atoms with Crippen molar-refractivity contribution >= 4 is 34.9 Å². The first-order chi connectivity index (χ1) is 15.1. The first-order valence-electron chi connectivity index (χ1n) is 10.3. The number of carbonyl (C=O) groups excluding carboxylic acids is 2. The molecule has 0 spiro atoms. The third-order valence-electron chi connectivity index (χ3n) is 5.40. The average Bonchev–Trinajstić information content (AvgIpc) is 3.18. The number of carbonyl (C=O) groups is 2. The van der Waals surface area contributed by atoms with Crippen LogP contribution in [-0.4, -0.2) is 25.5 Å². The van der Waals surface area contributed by atoms with Crippen molar-refractivity contribution < 1.29 is 19.1 Å². The van der Waals surface area contributed by atoms with Gasteiger partial charge in [-0.05, 0) is 48.1 Å². The Hall–Kier alpha value is -2.57. The van der Waals surface area contributed by atoms with E-state index in [1.165, 1.54) is 16.9 Å². The highest BCUT2D eigenvalue weighted by molar-refractivity contribution is 8.00. The molecule has 1 aromatic heterocycles. The van der Waals surface area contributed by atoms with Gasteiger partial charge in [0.15, 0.2) is 5.78 Å². The van der Waals surface area contributed by atoms with Crippen LogP contribution in [0.3, 0.4) is 0 Å². The van der Waals surface area contributed by atoms with Crippen LogP contribution in [0.15, 0.2) is 58.8 Å². The summed E-state index contributed by atoms with van der Waals surface area (Å²) in [4.78, 5) is 26.5.